The van der Waals surface area contributed by atoms with Crippen LogP contribution in [0.1, 0.15) is 12.8 Å². The Hall–Kier alpha value is -1.25. The first-order valence-electron chi connectivity index (χ1n) is 3.75. The minimum atomic E-state index is -0.187. The maximum Gasteiger partial charge on any atom is 0.126 e. The van der Waals surface area contributed by atoms with E-state index in [0.29, 0.717) is 26.1 Å². The van der Waals surface area contributed by atoms with E-state index in [9.17, 15) is 4.79 Å². The minimum absolute atomic E-state index is 0.187. The molecule has 0 saturated heterocycles. The molecule has 2 heteroatoms. The second kappa shape index (κ2) is 7.85. The van der Waals surface area contributed by atoms with Crippen molar-refractivity contribution in [3.05, 3.63) is 0 Å². The number of ether oxygens (including phenoxy) is 1. The summed E-state index contributed by atoms with van der Waals surface area (Å²) in [5, 5.41) is 0. The van der Waals surface area contributed by atoms with Gasteiger partial charge >= 0.3 is 0 Å². The second-order valence-electron chi connectivity index (χ2n) is 2.33. The molecule has 0 fully saturated rings. The normalized spacial score (nSPS) is 11.2. The zero-order valence-corrected chi connectivity index (χ0v) is 6.95. The Bertz CT molecular complexity index is 195. The van der Waals surface area contributed by atoms with E-state index in [0.717, 1.165) is 6.29 Å². The summed E-state index contributed by atoms with van der Waals surface area (Å²) in [6, 6.07) is 0. The predicted molar refractivity (Wildman–Crippen MR) is 47.3 cm³/mol. The van der Waals surface area contributed by atoms with Gasteiger partial charge in [-0.15, -0.1) is 24.7 Å². The van der Waals surface area contributed by atoms with Crippen molar-refractivity contribution in [2.75, 3.05) is 13.2 Å². The van der Waals surface area contributed by atoms with Crippen LogP contribution in [0.5, 0.6) is 0 Å². The Morgan fingerprint density at radius 1 is 1.42 bits per heavy atom. The monoisotopic (exact) mass is 164 g/mol. The van der Waals surface area contributed by atoms with Crippen molar-refractivity contribution in [3.63, 3.8) is 0 Å². The third-order valence-corrected chi connectivity index (χ3v) is 1.30. The fraction of sp³-hybridized carbons (Fsp3) is 0.500. The summed E-state index contributed by atoms with van der Waals surface area (Å²) < 4.78 is 5.11. The highest BCUT2D eigenvalue weighted by molar-refractivity contribution is 5.54. The molecule has 0 aliphatic carbocycles. The molecule has 1 unspecified atom stereocenters. The van der Waals surface area contributed by atoms with E-state index in [2.05, 4.69) is 11.8 Å². The largest absolute Gasteiger partial charge is 0.380 e. The van der Waals surface area contributed by atoms with Gasteiger partial charge in [-0.3, -0.25) is 0 Å². The van der Waals surface area contributed by atoms with Crippen LogP contribution >= 0.6 is 0 Å². The Morgan fingerprint density at radius 3 is 2.67 bits per heavy atom. The van der Waals surface area contributed by atoms with Crippen molar-refractivity contribution in [3.8, 4) is 24.7 Å². The van der Waals surface area contributed by atoms with Crippen molar-refractivity contribution in [1.29, 1.82) is 0 Å². The lowest BCUT2D eigenvalue weighted by Crippen LogP contribution is -2.10. The maximum absolute atomic E-state index is 10.3. The summed E-state index contributed by atoms with van der Waals surface area (Å²) >= 11 is 0. The lowest BCUT2D eigenvalue weighted by Gasteiger charge is -2.05. The third-order valence-electron chi connectivity index (χ3n) is 1.30. The van der Waals surface area contributed by atoms with Crippen molar-refractivity contribution >= 4 is 6.29 Å². The van der Waals surface area contributed by atoms with Gasteiger partial charge in [0.2, 0.25) is 0 Å². The van der Waals surface area contributed by atoms with Crippen molar-refractivity contribution in [2.45, 2.75) is 12.8 Å². The van der Waals surface area contributed by atoms with Crippen molar-refractivity contribution in [2.24, 2.45) is 5.92 Å². The number of rotatable bonds is 6. The Labute approximate surface area is 73.3 Å². The number of carbonyl (C=O) groups is 1. The summed E-state index contributed by atoms with van der Waals surface area (Å²) in [5.41, 5.74) is 0. The van der Waals surface area contributed by atoms with Gasteiger partial charge in [0.15, 0.2) is 0 Å². The SMILES string of the molecule is C#CCCOCC(C=O)CC#C. The molecule has 0 aromatic heterocycles. The van der Waals surface area contributed by atoms with Crippen molar-refractivity contribution < 1.29 is 9.53 Å². The highest BCUT2D eigenvalue weighted by Crippen LogP contribution is 1.98. The van der Waals surface area contributed by atoms with Gasteiger partial charge in [0, 0.05) is 18.8 Å². The smallest absolute Gasteiger partial charge is 0.126 e. The molecular formula is C10H12O2. The molecule has 0 amide bonds. The van der Waals surface area contributed by atoms with Crippen molar-refractivity contribution in [1.82, 2.24) is 0 Å². The van der Waals surface area contributed by atoms with Crippen LogP contribution in [-0.4, -0.2) is 19.5 Å². The first kappa shape index (κ1) is 10.8. The molecule has 0 heterocycles. The van der Waals surface area contributed by atoms with E-state index in [1.54, 1.807) is 0 Å². The molecule has 0 aromatic carbocycles. The average Bonchev–Trinajstić information content (AvgIpc) is 2.10. The summed E-state index contributed by atoms with van der Waals surface area (Å²) in [6.07, 6.45) is 11.9. The van der Waals surface area contributed by atoms with Gasteiger partial charge in [0.25, 0.3) is 0 Å². The van der Waals surface area contributed by atoms with Crippen LogP contribution in [-0.2, 0) is 9.53 Å². The van der Waals surface area contributed by atoms with Gasteiger partial charge < -0.3 is 9.53 Å². The summed E-state index contributed by atoms with van der Waals surface area (Å²) in [6.45, 7) is 0.862. The summed E-state index contributed by atoms with van der Waals surface area (Å²) in [5.74, 6) is 4.66. The lowest BCUT2D eigenvalue weighted by atomic mass is 10.1. The number of hydrogen-bond acceptors (Lipinski definition) is 2. The number of hydrogen-bond donors (Lipinski definition) is 0. The van der Waals surface area contributed by atoms with Crippen LogP contribution in [0.3, 0.4) is 0 Å². The molecule has 0 N–H and O–H groups in total. The molecular weight excluding hydrogens is 152 g/mol. The zero-order chi connectivity index (χ0) is 9.23. The fourth-order valence-electron chi connectivity index (χ4n) is 0.663. The molecule has 0 aliphatic heterocycles. The van der Waals surface area contributed by atoms with Crippen LogP contribution in [0.4, 0.5) is 0 Å². The number of aldehydes is 1. The first-order valence-corrected chi connectivity index (χ1v) is 3.75. The molecule has 1 atom stereocenters. The molecule has 0 bridgehead atoms. The highest BCUT2D eigenvalue weighted by atomic mass is 16.5. The third kappa shape index (κ3) is 5.53. The van der Waals surface area contributed by atoms with Gasteiger partial charge in [-0.2, -0.15) is 0 Å². The fourth-order valence-corrected chi connectivity index (χ4v) is 0.663. The van der Waals surface area contributed by atoms with Crippen LogP contribution in [0.2, 0.25) is 0 Å². The molecule has 2 nitrogen and oxygen atoms in total. The Morgan fingerprint density at radius 2 is 2.17 bits per heavy atom. The van der Waals surface area contributed by atoms with Crippen LogP contribution in [0.15, 0.2) is 0 Å². The molecule has 64 valence electrons. The van der Waals surface area contributed by atoms with Crippen LogP contribution in [0.25, 0.3) is 0 Å². The minimum Gasteiger partial charge on any atom is -0.380 e. The molecule has 0 aromatic rings. The van der Waals surface area contributed by atoms with E-state index in [1.165, 1.54) is 0 Å². The summed E-state index contributed by atoms with van der Waals surface area (Å²) in [4.78, 5) is 10.3. The van der Waals surface area contributed by atoms with E-state index >= 15 is 0 Å². The van der Waals surface area contributed by atoms with E-state index < -0.39 is 0 Å². The summed E-state index contributed by atoms with van der Waals surface area (Å²) in [7, 11) is 0. The average molecular weight is 164 g/mol. The maximum atomic E-state index is 10.3. The molecule has 0 radical (unpaired) electrons. The standard InChI is InChI=1S/C10H12O2/c1-3-5-7-12-9-10(8-11)6-4-2/h1-2,8,10H,5-7,9H2. The zero-order valence-electron chi connectivity index (χ0n) is 6.95. The van der Waals surface area contributed by atoms with Gasteiger partial charge in [-0.05, 0) is 0 Å². The van der Waals surface area contributed by atoms with Gasteiger partial charge in [0.05, 0.1) is 13.2 Å². The van der Waals surface area contributed by atoms with Gasteiger partial charge in [0.1, 0.15) is 6.29 Å². The molecule has 12 heavy (non-hydrogen) atoms. The van der Waals surface area contributed by atoms with Crippen LogP contribution in [0, 0.1) is 30.6 Å². The Kier molecular flexibility index (Phi) is 7.03. The number of terminal acetylenes is 2. The molecule has 0 saturated carbocycles. The van der Waals surface area contributed by atoms with E-state index in [1.807, 2.05) is 0 Å². The van der Waals surface area contributed by atoms with Crippen LogP contribution < -0.4 is 0 Å². The molecule has 0 aliphatic rings. The predicted octanol–water partition coefficient (Wildman–Crippen LogP) is 0.865. The first-order chi connectivity index (χ1) is 5.85. The lowest BCUT2D eigenvalue weighted by molar-refractivity contribution is -0.112. The Balaban J connectivity index is 3.40. The van der Waals surface area contributed by atoms with Gasteiger partial charge in [-0.25, -0.2) is 0 Å². The highest BCUT2D eigenvalue weighted by Gasteiger charge is 2.04. The quantitative estimate of drug-likeness (QED) is 0.331. The molecule has 0 spiro atoms. The topological polar surface area (TPSA) is 26.3 Å². The van der Waals surface area contributed by atoms with E-state index in [-0.39, 0.29) is 5.92 Å². The number of carbonyl (C=O) groups excluding carboxylic acids is 1. The van der Waals surface area contributed by atoms with Gasteiger partial charge in [-0.1, -0.05) is 0 Å². The second-order valence-corrected chi connectivity index (χ2v) is 2.33. The van der Waals surface area contributed by atoms with E-state index in [4.69, 9.17) is 17.6 Å². The molecule has 0 rings (SSSR count).